The molecule has 0 saturated carbocycles. The number of halogens is 2. The van der Waals surface area contributed by atoms with Gasteiger partial charge in [-0.1, -0.05) is 12.1 Å². The Morgan fingerprint density at radius 2 is 2.16 bits per heavy atom. The average Bonchev–Trinajstić information content (AvgIpc) is 2.93. The molecule has 1 aromatic rings. The van der Waals surface area contributed by atoms with E-state index in [1.807, 2.05) is 17.9 Å². The second-order valence-corrected chi connectivity index (χ2v) is 5.64. The van der Waals surface area contributed by atoms with Gasteiger partial charge in [-0.15, -0.1) is 0 Å². The third-order valence-electron chi connectivity index (χ3n) is 3.42. The molecule has 0 aliphatic carbocycles. The van der Waals surface area contributed by atoms with Gasteiger partial charge in [0, 0.05) is 19.6 Å². The van der Waals surface area contributed by atoms with Crippen molar-refractivity contribution in [2.45, 2.75) is 32.4 Å². The Labute approximate surface area is 121 Å². The monoisotopic (exact) mass is 328 g/mol. The number of rotatable bonds is 4. The molecule has 0 aromatic heterocycles. The molecule has 1 amide bonds. The van der Waals surface area contributed by atoms with Gasteiger partial charge in [0.2, 0.25) is 5.91 Å². The second-order valence-electron chi connectivity index (χ2n) is 4.85. The lowest BCUT2D eigenvalue weighted by Crippen LogP contribution is -2.43. The Morgan fingerprint density at radius 3 is 2.84 bits per heavy atom. The highest BCUT2D eigenvalue weighted by molar-refractivity contribution is 9.10. The Kier molecular flexibility index (Phi) is 4.93. The lowest BCUT2D eigenvalue weighted by Gasteiger charge is -2.21. The summed E-state index contributed by atoms with van der Waals surface area (Å²) in [5.41, 5.74) is 0.820. The molecule has 1 aliphatic heterocycles. The Bertz CT molecular complexity index is 461. The fourth-order valence-electron chi connectivity index (χ4n) is 2.25. The molecule has 1 saturated heterocycles. The van der Waals surface area contributed by atoms with E-state index in [4.69, 9.17) is 0 Å². The predicted octanol–water partition coefficient (Wildman–Crippen LogP) is 2.69. The third-order valence-corrected chi connectivity index (χ3v) is 4.31. The average molecular weight is 329 g/mol. The van der Waals surface area contributed by atoms with Gasteiger partial charge in [0.25, 0.3) is 0 Å². The zero-order chi connectivity index (χ0) is 13.8. The molecule has 1 fully saturated rings. The molecule has 19 heavy (non-hydrogen) atoms. The molecule has 0 bridgehead atoms. The zero-order valence-corrected chi connectivity index (χ0v) is 12.5. The van der Waals surface area contributed by atoms with Crippen molar-refractivity contribution in [1.29, 1.82) is 0 Å². The summed E-state index contributed by atoms with van der Waals surface area (Å²) in [5.74, 6) is -0.150. The van der Waals surface area contributed by atoms with Gasteiger partial charge < -0.3 is 10.2 Å². The molecule has 1 aromatic carbocycles. The Balaban J connectivity index is 1.90. The van der Waals surface area contributed by atoms with Crippen LogP contribution in [-0.4, -0.2) is 29.9 Å². The van der Waals surface area contributed by atoms with Crippen LogP contribution in [0.1, 0.15) is 25.3 Å². The van der Waals surface area contributed by atoms with Crippen molar-refractivity contribution in [2.75, 3.05) is 13.1 Å². The molecule has 0 spiro atoms. The SMILES string of the molecule is CC(NCc1cccc(F)c1Br)C(=O)N1CCCC1. The van der Waals surface area contributed by atoms with Crippen LogP contribution in [0.15, 0.2) is 22.7 Å². The maximum atomic E-state index is 13.4. The van der Waals surface area contributed by atoms with E-state index >= 15 is 0 Å². The first-order valence-corrected chi connectivity index (χ1v) is 7.34. The van der Waals surface area contributed by atoms with Crippen LogP contribution in [0.5, 0.6) is 0 Å². The number of carbonyl (C=O) groups excluding carboxylic acids is 1. The number of benzene rings is 1. The van der Waals surface area contributed by atoms with Gasteiger partial charge in [0.1, 0.15) is 5.82 Å². The van der Waals surface area contributed by atoms with Crippen LogP contribution in [-0.2, 0) is 11.3 Å². The van der Waals surface area contributed by atoms with Crippen LogP contribution >= 0.6 is 15.9 Å². The van der Waals surface area contributed by atoms with E-state index in [0.29, 0.717) is 11.0 Å². The lowest BCUT2D eigenvalue weighted by atomic mass is 10.2. The van der Waals surface area contributed by atoms with E-state index in [1.54, 1.807) is 6.07 Å². The quantitative estimate of drug-likeness (QED) is 0.921. The first kappa shape index (κ1) is 14.5. The summed E-state index contributed by atoms with van der Waals surface area (Å²) < 4.78 is 13.8. The molecular formula is C14H18BrFN2O. The van der Waals surface area contributed by atoms with Gasteiger partial charge in [0.05, 0.1) is 10.5 Å². The second kappa shape index (κ2) is 6.48. The number of hydrogen-bond donors (Lipinski definition) is 1. The minimum absolute atomic E-state index is 0.130. The molecule has 1 N–H and O–H groups in total. The number of nitrogens with zero attached hydrogens (tertiary/aromatic N) is 1. The molecule has 2 rings (SSSR count). The van der Waals surface area contributed by atoms with Crippen LogP contribution in [0.3, 0.4) is 0 Å². The highest BCUT2D eigenvalue weighted by Crippen LogP contribution is 2.20. The van der Waals surface area contributed by atoms with Crippen LogP contribution in [0.2, 0.25) is 0 Å². The van der Waals surface area contributed by atoms with Crippen molar-refractivity contribution in [2.24, 2.45) is 0 Å². The van der Waals surface area contributed by atoms with Crippen LogP contribution in [0.25, 0.3) is 0 Å². The van der Waals surface area contributed by atoms with Gasteiger partial charge in [-0.3, -0.25) is 4.79 Å². The smallest absolute Gasteiger partial charge is 0.239 e. The van der Waals surface area contributed by atoms with Gasteiger partial charge in [-0.25, -0.2) is 4.39 Å². The number of amides is 1. The lowest BCUT2D eigenvalue weighted by molar-refractivity contribution is -0.131. The fourth-order valence-corrected chi connectivity index (χ4v) is 2.65. The minimum atomic E-state index is -0.280. The molecule has 1 atom stereocenters. The normalized spacial score (nSPS) is 16.7. The van der Waals surface area contributed by atoms with Crippen molar-refractivity contribution in [3.05, 3.63) is 34.1 Å². The summed E-state index contributed by atoms with van der Waals surface area (Å²) in [7, 11) is 0. The van der Waals surface area contributed by atoms with Gasteiger partial charge in [-0.2, -0.15) is 0 Å². The molecule has 3 nitrogen and oxygen atoms in total. The summed E-state index contributed by atoms with van der Waals surface area (Å²) in [6.45, 7) is 4.04. The van der Waals surface area contributed by atoms with E-state index in [9.17, 15) is 9.18 Å². The fraction of sp³-hybridized carbons (Fsp3) is 0.500. The molecule has 104 valence electrons. The van der Waals surface area contributed by atoms with Gasteiger partial charge >= 0.3 is 0 Å². The summed E-state index contributed by atoms with van der Waals surface area (Å²) in [6, 6.07) is 4.68. The Hall–Kier alpha value is -0.940. The molecule has 0 radical (unpaired) electrons. The van der Waals surface area contributed by atoms with E-state index < -0.39 is 0 Å². The van der Waals surface area contributed by atoms with E-state index in [0.717, 1.165) is 31.5 Å². The van der Waals surface area contributed by atoms with Gasteiger partial charge in [-0.05, 0) is 47.3 Å². The number of likely N-dealkylation sites (tertiary alicyclic amines) is 1. The Morgan fingerprint density at radius 1 is 1.47 bits per heavy atom. The van der Waals surface area contributed by atoms with E-state index in [-0.39, 0.29) is 17.8 Å². The van der Waals surface area contributed by atoms with Crippen molar-refractivity contribution < 1.29 is 9.18 Å². The van der Waals surface area contributed by atoms with E-state index in [1.165, 1.54) is 6.07 Å². The van der Waals surface area contributed by atoms with Crippen molar-refractivity contribution in [3.63, 3.8) is 0 Å². The van der Waals surface area contributed by atoms with Crippen LogP contribution < -0.4 is 5.32 Å². The van der Waals surface area contributed by atoms with E-state index in [2.05, 4.69) is 21.2 Å². The summed E-state index contributed by atoms with van der Waals surface area (Å²) in [6.07, 6.45) is 2.18. The number of carbonyl (C=O) groups is 1. The van der Waals surface area contributed by atoms with Crippen molar-refractivity contribution >= 4 is 21.8 Å². The summed E-state index contributed by atoms with van der Waals surface area (Å²) in [5, 5.41) is 3.16. The standard InChI is InChI=1S/C14H18BrFN2O/c1-10(14(19)18-7-2-3-8-18)17-9-11-5-4-6-12(16)13(11)15/h4-6,10,17H,2-3,7-9H2,1H3. The molecule has 1 unspecified atom stereocenters. The third kappa shape index (κ3) is 3.54. The first-order valence-electron chi connectivity index (χ1n) is 6.54. The first-order chi connectivity index (χ1) is 9.09. The summed E-state index contributed by atoms with van der Waals surface area (Å²) in [4.78, 5) is 14.0. The predicted molar refractivity (Wildman–Crippen MR) is 76.2 cm³/mol. The molecule has 5 heteroatoms. The maximum Gasteiger partial charge on any atom is 0.239 e. The van der Waals surface area contributed by atoms with Crippen molar-refractivity contribution in [3.8, 4) is 0 Å². The number of nitrogens with one attached hydrogen (secondary N) is 1. The maximum absolute atomic E-state index is 13.4. The van der Waals surface area contributed by atoms with Crippen LogP contribution in [0, 0.1) is 5.82 Å². The van der Waals surface area contributed by atoms with Crippen molar-refractivity contribution in [1.82, 2.24) is 10.2 Å². The topological polar surface area (TPSA) is 32.3 Å². The molecule has 1 heterocycles. The van der Waals surface area contributed by atoms with Gasteiger partial charge in [0.15, 0.2) is 0 Å². The highest BCUT2D eigenvalue weighted by Gasteiger charge is 2.22. The van der Waals surface area contributed by atoms with Crippen LogP contribution in [0.4, 0.5) is 4.39 Å². The molecular weight excluding hydrogens is 311 g/mol. The summed E-state index contributed by atoms with van der Waals surface area (Å²) >= 11 is 3.22. The largest absolute Gasteiger partial charge is 0.341 e. The zero-order valence-electron chi connectivity index (χ0n) is 11.0. The number of hydrogen-bond acceptors (Lipinski definition) is 2. The minimum Gasteiger partial charge on any atom is -0.341 e. The molecule has 1 aliphatic rings. The highest BCUT2D eigenvalue weighted by atomic mass is 79.9.